The molecule has 1 N–H and O–H groups in total. The van der Waals surface area contributed by atoms with Crippen molar-refractivity contribution in [2.75, 3.05) is 41.3 Å². The van der Waals surface area contributed by atoms with Crippen LogP contribution < -0.4 is 5.32 Å². The molecular weight excluding hydrogens is 354 g/mol. The van der Waals surface area contributed by atoms with Crippen LogP contribution in [0.3, 0.4) is 0 Å². The second-order valence-electron chi connectivity index (χ2n) is 5.36. The summed E-state index contributed by atoms with van der Waals surface area (Å²) in [6.07, 6.45) is 0. The number of benzene rings is 1. The van der Waals surface area contributed by atoms with E-state index in [1.807, 2.05) is 39.0 Å². The predicted molar refractivity (Wildman–Crippen MR) is 90.0 cm³/mol. The minimum Gasteiger partial charge on any atom is -0.316 e. The molecule has 1 aromatic carbocycles. The van der Waals surface area contributed by atoms with E-state index in [-0.39, 0.29) is 0 Å². The van der Waals surface area contributed by atoms with Gasteiger partial charge in [0, 0.05) is 31.2 Å². The number of hydrogen-bond donors (Lipinski definition) is 1. The van der Waals surface area contributed by atoms with Crippen LogP contribution in [0.2, 0.25) is 0 Å². The monoisotopic (exact) mass is 377 g/mol. The molecule has 0 spiro atoms. The highest BCUT2D eigenvalue weighted by atomic mass is 79.9. The fraction of sp³-hybridized carbons (Fsp3) is 0.571. The van der Waals surface area contributed by atoms with Crippen molar-refractivity contribution >= 4 is 26.0 Å². The summed E-state index contributed by atoms with van der Waals surface area (Å²) >= 11 is 3.45. The number of rotatable bonds is 7. The highest BCUT2D eigenvalue weighted by Crippen LogP contribution is 2.27. The summed E-state index contributed by atoms with van der Waals surface area (Å²) in [6.45, 7) is 3.59. The van der Waals surface area contributed by atoms with E-state index < -0.39 is 10.0 Å². The van der Waals surface area contributed by atoms with Crippen LogP contribution in [0.25, 0.3) is 0 Å². The first-order valence-electron chi connectivity index (χ1n) is 6.74. The SMILES string of the molecule is CNCc1cc(Br)c(C)c(S(=O)(=O)N(C)CCN(C)C)c1. The summed E-state index contributed by atoms with van der Waals surface area (Å²) in [4.78, 5) is 2.33. The van der Waals surface area contributed by atoms with E-state index in [4.69, 9.17) is 0 Å². The molecule has 0 amide bonds. The maximum Gasteiger partial charge on any atom is 0.243 e. The Balaban J connectivity index is 3.17. The van der Waals surface area contributed by atoms with E-state index in [1.165, 1.54) is 4.31 Å². The molecule has 0 aliphatic heterocycles. The molecule has 0 aliphatic carbocycles. The molecule has 7 heteroatoms. The third-order valence-electron chi connectivity index (χ3n) is 3.29. The van der Waals surface area contributed by atoms with E-state index in [2.05, 4.69) is 21.2 Å². The van der Waals surface area contributed by atoms with Crippen LogP contribution >= 0.6 is 15.9 Å². The molecule has 1 aromatic rings. The molecule has 0 aliphatic rings. The van der Waals surface area contributed by atoms with E-state index in [1.54, 1.807) is 13.1 Å². The summed E-state index contributed by atoms with van der Waals surface area (Å²) in [5.74, 6) is 0. The van der Waals surface area contributed by atoms with Gasteiger partial charge in [0.05, 0.1) is 4.90 Å². The molecule has 0 radical (unpaired) electrons. The van der Waals surface area contributed by atoms with E-state index in [9.17, 15) is 8.42 Å². The Hall–Kier alpha value is -0.470. The van der Waals surface area contributed by atoms with Crippen LogP contribution in [0.1, 0.15) is 11.1 Å². The zero-order chi connectivity index (χ0) is 16.2. The molecule has 0 atom stereocenters. The van der Waals surface area contributed by atoms with Crippen molar-refractivity contribution in [3.05, 3.63) is 27.7 Å². The van der Waals surface area contributed by atoms with Crippen LogP contribution in [0.4, 0.5) is 0 Å². The number of nitrogens with one attached hydrogen (secondary N) is 1. The van der Waals surface area contributed by atoms with Gasteiger partial charge in [0.1, 0.15) is 0 Å². The minimum atomic E-state index is -3.48. The van der Waals surface area contributed by atoms with Crippen LogP contribution in [0, 0.1) is 6.92 Å². The van der Waals surface area contributed by atoms with Gasteiger partial charge in [0.2, 0.25) is 10.0 Å². The van der Waals surface area contributed by atoms with Gasteiger partial charge in [-0.3, -0.25) is 0 Å². The summed E-state index contributed by atoms with van der Waals surface area (Å²) in [7, 11) is 3.83. The second-order valence-corrected chi connectivity index (χ2v) is 8.23. The van der Waals surface area contributed by atoms with Crippen molar-refractivity contribution in [1.29, 1.82) is 0 Å². The summed E-state index contributed by atoms with van der Waals surface area (Å²) in [5, 5.41) is 3.04. The largest absolute Gasteiger partial charge is 0.316 e. The van der Waals surface area contributed by atoms with Gasteiger partial charge in [-0.05, 0) is 51.3 Å². The first-order chi connectivity index (χ1) is 9.70. The van der Waals surface area contributed by atoms with Crippen LogP contribution in [-0.2, 0) is 16.6 Å². The van der Waals surface area contributed by atoms with Crippen LogP contribution in [-0.4, -0.2) is 58.9 Å². The number of sulfonamides is 1. The molecule has 21 heavy (non-hydrogen) atoms. The molecule has 0 heterocycles. The lowest BCUT2D eigenvalue weighted by molar-refractivity contribution is 0.358. The summed E-state index contributed by atoms with van der Waals surface area (Å²) in [6, 6.07) is 3.70. The minimum absolute atomic E-state index is 0.364. The first kappa shape index (κ1) is 18.6. The number of hydrogen-bond acceptors (Lipinski definition) is 4. The van der Waals surface area contributed by atoms with E-state index in [0.717, 1.165) is 15.6 Å². The normalized spacial score (nSPS) is 12.4. The fourth-order valence-corrected chi connectivity index (χ4v) is 4.00. The maximum atomic E-state index is 12.7. The van der Waals surface area contributed by atoms with Crippen molar-refractivity contribution in [2.24, 2.45) is 0 Å². The number of nitrogens with zero attached hydrogens (tertiary/aromatic N) is 2. The Morgan fingerprint density at radius 1 is 1.19 bits per heavy atom. The Morgan fingerprint density at radius 3 is 2.33 bits per heavy atom. The third kappa shape index (κ3) is 4.75. The summed E-state index contributed by atoms with van der Waals surface area (Å²) < 4.78 is 27.7. The quantitative estimate of drug-likeness (QED) is 0.784. The van der Waals surface area contributed by atoms with Gasteiger partial charge in [0.25, 0.3) is 0 Å². The maximum absolute atomic E-state index is 12.7. The van der Waals surface area contributed by atoms with Gasteiger partial charge >= 0.3 is 0 Å². The molecule has 0 fully saturated rings. The lowest BCUT2D eigenvalue weighted by Crippen LogP contribution is -2.34. The molecular formula is C14H24BrN3O2S. The molecule has 120 valence electrons. The van der Waals surface area contributed by atoms with Gasteiger partial charge < -0.3 is 10.2 Å². The Kier molecular flexibility index (Phi) is 6.80. The Labute approximate surface area is 136 Å². The zero-order valence-corrected chi connectivity index (χ0v) is 15.7. The fourth-order valence-electron chi connectivity index (χ4n) is 1.91. The van der Waals surface area contributed by atoms with Gasteiger partial charge in [-0.15, -0.1) is 0 Å². The van der Waals surface area contributed by atoms with Crippen LogP contribution in [0.5, 0.6) is 0 Å². The Morgan fingerprint density at radius 2 is 1.81 bits per heavy atom. The molecule has 0 saturated heterocycles. The highest BCUT2D eigenvalue weighted by Gasteiger charge is 2.24. The second kappa shape index (κ2) is 7.69. The van der Waals surface area contributed by atoms with Crippen molar-refractivity contribution in [2.45, 2.75) is 18.4 Å². The van der Waals surface area contributed by atoms with Gasteiger partial charge in [-0.25, -0.2) is 8.42 Å². The molecule has 0 aromatic heterocycles. The molecule has 1 rings (SSSR count). The predicted octanol–water partition coefficient (Wildman–Crippen LogP) is 1.66. The standard InChI is InChI=1S/C14H24BrN3O2S/c1-11-13(15)8-12(10-16-2)9-14(11)21(19,20)18(5)7-6-17(3)4/h8-9,16H,6-7,10H2,1-5H3. The highest BCUT2D eigenvalue weighted by molar-refractivity contribution is 9.10. The van der Waals surface area contributed by atoms with Crippen molar-refractivity contribution in [3.8, 4) is 0 Å². The summed E-state index contributed by atoms with van der Waals surface area (Å²) in [5.41, 5.74) is 1.68. The van der Waals surface area contributed by atoms with Gasteiger partial charge in [0.15, 0.2) is 0 Å². The average molecular weight is 378 g/mol. The zero-order valence-electron chi connectivity index (χ0n) is 13.3. The van der Waals surface area contributed by atoms with Crippen molar-refractivity contribution in [3.63, 3.8) is 0 Å². The lowest BCUT2D eigenvalue weighted by atomic mass is 10.1. The smallest absolute Gasteiger partial charge is 0.243 e. The molecule has 0 saturated carbocycles. The topological polar surface area (TPSA) is 52.7 Å². The molecule has 0 bridgehead atoms. The molecule has 5 nitrogen and oxygen atoms in total. The average Bonchev–Trinajstić information content (AvgIpc) is 2.39. The number of halogens is 1. The Bertz CT molecular complexity index is 588. The van der Waals surface area contributed by atoms with Gasteiger partial charge in [-0.1, -0.05) is 15.9 Å². The first-order valence-corrected chi connectivity index (χ1v) is 8.98. The number of likely N-dealkylation sites (N-methyl/N-ethyl adjacent to an activating group) is 2. The van der Waals surface area contributed by atoms with Crippen molar-refractivity contribution in [1.82, 2.24) is 14.5 Å². The lowest BCUT2D eigenvalue weighted by Gasteiger charge is -2.21. The van der Waals surface area contributed by atoms with E-state index in [0.29, 0.717) is 24.5 Å². The van der Waals surface area contributed by atoms with E-state index >= 15 is 0 Å². The molecule has 0 unspecified atom stereocenters. The third-order valence-corrected chi connectivity index (χ3v) is 6.09. The van der Waals surface area contributed by atoms with Crippen molar-refractivity contribution < 1.29 is 8.42 Å². The van der Waals surface area contributed by atoms with Crippen LogP contribution in [0.15, 0.2) is 21.5 Å². The van der Waals surface area contributed by atoms with Gasteiger partial charge in [-0.2, -0.15) is 4.31 Å².